The maximum Gasteiger partial charge on any atom is 0.261 e. The molecule has 1 nitrogen and oxygen atoms in total. The molecule has 2 fully saturated rings. The van der Waals surface area contributed by atoms with Gasteiger partial charge in [-0.3, -0.25) is 0 Å². The minimum Gasteiger partial charge on any atom is -0.308 e. The van der Waals surface area contributed by atoms with Crippen LogP contribution in [0.4, 0.5) is 8.78 Å². The van der Waals surface area contributed by atoms with E-state index in [1.54, 1.807) is 0 Å². The summed E-state index contributed by atoms with van der Waals surface area (Å²) in [5.74, 6) is -1.94. The van der Waals surface area contributed by atoms with Gasteiger partial charge in [-0.05, 0) is 18.8 Å². The third kappa shape index (κ3) is 2.44. The number of hydrogen-bond acceptors (Lipinski definition) is 1. The Morgan fingerprint density at radius 3 is 2.14 bits per heavy atom. The van der Waals surface area contributed by atoms with E-state index in [1.165, 1.54) is 25.7 Å². The lowest BCUT2D eigenvalue weighted by atomic mass is 9.90. The van der Waals surface area contributed by atoms with Gasteiger partial charge in [-0.1, -0.05) is 25.7 Å². The van der Waals surface area contributed by atoms with Crippen molar-refractivity contribution >= 4 is 0 Å². The Kier molecular flexibility index (Phi) is 3.05. The zero-order chi connectivity index (χ0) is 10.0. The van der Waals surface area contributed by atoms with E-state index in [-0.39, 0.29) is 19.0 Å². The summed E-state index contributed by atoms with van der Waals surface area (Å²) < 4.78 is 26.0. The Morgan fingerprint density at radius 1 is 1.00 bits per heavy atom. The summed E-state index contributed by atoms with van der Waals surface area (Å²) in [7, 11) is 0. The normalized spacial score (nSPS) is 34.3. The maximum absolute atomic E-state index is 13.0. The van der Waals surface area contributed by atoms with Gasteiger partial charge in [0.1, 0.15) is 0 Å². The molecule has 0 aromatic heterocycles. The van der Waals surface area contributed by atoms with Crippen molar-refractivity contribution in [3.63, 3.8) is 0 Å². The Morgan fingerprint density at radius 2 is 1.64 bits per heavy atom. The standard InChI is InChI=1S/C11H19F2N/c12-11(13)7-10(14-8-11)9-5-3-1-2-4-6-9/h9-10,14H,1-8H2. The lowest BCUT2D eigenvalue weighted by Gasteiger charge is -2.21. The largest absolute Gasteiger partial charge is 0.308 e. The van der Waals surface area contributed by atoms with Gasteiger partial charge >= 0.3 is 0 Å². The van der Waals surface area contributed by atoms with Gasteiger partial charge in [0.25, 0.3) is 5.92 Å². The first kappa shape index (κ1) is 10.3. The van der Waals surface area contributed by atoms with E-state index in [0.717, 1.165) is 12.8 Å². The van der Waals surface area contributed by atoms with Gasteiger partial charge in [0, 0.05) is 12.5 Å². The molecule has 1 heterocycles. The predicted octanol–water partition coefficient (Wildman–Crippen LogP) is 2.95. The van der Waals surface area contributed by atoms with E-state index in [2.05, 4.69) is 5.32 Å². The summed E-state index contributed by atoms with van der Waals surface area (Å²) in [6, 6.07) is 0.0862. The molecule has 1 N–H and O–H groups in total. The molecule has 2 aliphatic rings. The molecule has 1 unspecified atom stereocenters. The van der Waals surface area contributed by atoms with Crippen LogP contribution in [0, 0.1) is 5.92 Å². The highest BCUT2D eigenvalue weighted by Gasteiger charge is 2.41. The molecule has 2 rings (SSSR count). The van der Waals surface area contributed by atoms with Crippen LogP contribution in [0.25, 0.3) is 0 Å². The topological polar surface area (TPSA) is 12.0 Å². The predicted molar refractivity (Wildman–Crippen MR) is 52.5 cm³/mol. The van der Waals surface area contributed by atoms with Crippen molar-refractivity contribution in [1.29, 1.82) is 0 Å². The summed E-state index contributed by atoms with van der Waals surface area (Å²) >= 11 is 0. The number of rotatable bonds is 1. The molecular weight excluding hydrogens is 184 g/mol. The molecular formula is C11H19F2N. The summed E-state index contributed by atoms with van der Waals surface area (Å²) in [6.07, 6.45) is 7.40. The van der Waals surface area contributed by atoms with Gasteiger partial charge in [0.15, 0.2) is 0 Å². The highest BCUT2D eigenvalue weighted by atomic mass is 19.3. The first-order chi connectivity index (χ1) is 6.67. The third-order valence-corrected chi connectivity index (χ3v) is 3.61. The van der Waals surface area contributed by atoms with E-state index < -0.39 is 5.92 Å². The van der Waals surface area contributed by atoms with E-state index in [9.17, 15) is 8.78 Å². The second kappa shape index (κ2) is 4.13. The van der Waals surface area contributed by atoms with E-state index in [0.29, 0.717) is 5.92 Å². The smallest absolute Gasteiger partial charge is 0.261 e. The van der Waals surface area contributed by atoms with Crippen molar-refractivity contribution < 1.29 is 8.78 Å². The van der Waals surface area contributed by atoms with Crippen molar-refractivity contribution in [3.05, 3.63) is 0 Å². The second-order valence-corrected chi connectivity index (χ2v) is 4.80. The van der Waals surface area contributed by atoms with Gasteiger partial charge in [0.2, 0.25) is 0 Å². The van der Waals surface area contributed by atoms with Crippen LogP contribution in [0.3, 0.4) is 0 Å². The average molecular weight is 203 g/mol. The Bertz CT molecular complexity index is 183. The lowest BCUT2D eigenvalue weighted by molar-refractivity contribution is 0.0189. The maximum atomic E-state index is 13.0. The minimum atomic E-state index is -2.45. The fourth-order valence-corrected chi connectivity index (χ4v) is 2.79. The molecule has 0 spiro atoms. The van der Waals surface area contributed by atoms with Crippen molar-refractivity contribution in [2.75, 3.05) is 6.54 Å². The van der Waals surface area contributed by atoms with Crippen LogP contribution in [0.2, 0.25) is 0 Å². The van der Waals surface area contributed by atoms with E-state index >= 15 is 0 Å². The SMILES string of the molecule is FC1(F)CNC(C2CCCCCC2)C1. The van der Waals surface area contributed by atoms with Crippen LogP contribution in [-0.4, -0.2) is 18.5 Å². The lowest BCUT2D eigenvalue weighted by Crippen LogP contribution is -2.30. The molecule has 1 aliphatic heterocycles. The molecule has 0 aromatic carbocycles. The van der Waals surface area contributed by atoms with Crippen LogP contribution in [-0.2, 0) is 0 Å². The number of nitrogens with one attached hydrogen (secondary N) is 1. The van der Waals surface area contributed by atoms with Gasteiger partial charge in [-0.2, -0.15) is 0 Å². The summed E-state index contributed by atoms with van der Waals surface area (Å²) in [6.45, 7) is -0.103. The minimum absolute atomic E-state index is 0.0671. The van der Waals surface area contributed by atoms with Gasteiger partial charge < -0.3 is 5.32 Å². The summed E-state index contributed by atoms with van der Waals surface area (Å²) in [4.78, 5) is 0. The van der Waals surface area contributed by atoms with Crippen LogP contribution < -0.4 is 5.32 Å². The monoisotopic (exact) mass is 203 g/mol. The molecule has 1 aliphatic carbocycles. The molecule has 0 aromatic rings. The van der Waals surface area contributed by atoms with E-state index in [1.807, 2.05) is 0 Å². The van der Waals surface area contributed by atoms with Gasteiger partial charge in [-0.25, -0.2) is 8.78 Å². The molecule has 0 amide bonds. The average Bonchev–Trinajstić information content (AvgIpc) is 2.42. The Hall–Kier alpha value is -0.180. The molecule has 1 atom stereocenters. The quantitative estimate of drug-likeness (QED) is 0.646. The Labute approximate surface area is 84.3 Å². The van der Waals surface area contributed by atoms with Crippen molar-refractivity contribution in [2.24, 2.45) is 5.92 Å². The zero-order valence-electron chi connectivity index (χ0n) is 8.57. The highest BCUT2D eigenvalue weighted by Crippen LogP contribution is 2.34. The van der Waals surface area contributed by atoms with Crippen LogP contribution in [0.15, 0.2) is 0 Å². The van der Waals surface area contributed by atoms with Crippen molar-refractivity contribution in [2.45, 2.75) is 56.9 Å². The zero-order valence-corrected chi connectivity index (χ0v) is 8.57. The van der Waals surface area contributed by atoms with Crippen LogP contribution in [0.1, 0.15) is 44.9 Å². The number of halogens is 2. The molecule has 1 saturated heterocycles. The molecule has 1 saturated carbocycles. The van der Waals surface area contributed by atoms with Gasteiger partial charge in [0.05, 0.1) is 6.54 Å². The molecule has 0 bridgehead atoms. The fraction of sp³-hybridized carbons (Fsp3) is 1.00. The van der Waals surface area contributed by atoms with Gasteiger partial charge in [-0.15, -0.1) is 0 Å². The van der Waals surface area contributed by atoms with Crippen molar-refractivity contribution in [3.8, 4) is 0 Å². The second-order valence-electron chi connectivity index (χ2n) is 4.80. The van der Waals surface area contributed by atoms with Crippen LogP contribution >= 0.6 is 0 Å². The van der Waals surface area contributed by atoms with Crippen LogP contribution in [0.5, 0.6) is 0 Å². The summed E-state index contributed by atoms with van der Waals surface area (Å²) in [5.41, 5.74) is 0. The third-order valence-electron chi connectivity index (χ3n) is 3.61. The van der Waals surface area contributed by atoms with Crippen molar-refractivity contribution in [1.82, 2.24) is 5.32 Å². The first-order valence-corrected chi connectivity index (χ1v) is 5.79. The fourth-order valence-electron chi connectivity index (χ4n) is 2.79. The number of alkyl halides is 2. The molecule has 0 radical (unpaired) electrons. The first-order valence-electron chi connectivity index (χ1n) is 5.79. The highest BCUT2D eigenvalue weighted by molar-refractivity contribution is 4.91. The summed E-state index contributed by atoms with van der Waals surface area (Å²) in [5, 5.41) is 2.99. The molecule has 82 valence electrons. The number of hydrogen-bond donors (Lipinski definition) is 1. The molecule has 14 heavy (non-hydrogen) atoms. The Balaban J connectivity index is 1.88. The molecule has 3 heteroatoms. The van der Waals surface area contributed by atoms with E-state index in [4.69, 9.17) is 0 Å².